The van der Waals surface area contributed by atoms with Crippen molar-refractivity contribution in [3.05, 3.63) is 292 Å². The number of pyridine rings is 3. The van der Waals surface area contributed by atoms with Gasteiger partial charge in [0.05, 0.1) is 40.2 Å². The van der Waals surface area contributed by atoms with E-state index in [1.165, 1.54) is 31.8 Å². The lowest BCUT2D eigenvalue weighted by Gasteiger charge is -1.91. The molecule has 0 radical (unpaired) electrons. The predicted molar refractivity (Wildman–Crippen MR) is 477 cm³/mol. The molecule has 0 aliphatic rings. The number of thiophene rings is 1. The maximum absolute atomic E-state index is 5.12. The minimum absolute atomic E-state index is 0.810. The lowest BCUT2D eigenvalue weighted by atomic mass is 10.2. The second-order valence-electron chi connectivity index (χ2n) is 30.2. The number of H-pyrrole nitrogens is 2. The number of furan rings is 1. The van der Waals surface area contributed by atoms with Gasteiger partial charge >= 0.3 is 0 Å². The van der Waals surface area contributed by atoms with Crippen LogP contribution in [0.5, 0.6) is 0 Å². The van der Waals surface area contributed by atoms with Crippen LogP contribution in [-0.4, -0.2) is 49.8 Å². The Hall–Kier alpha value is -10.3. The zero-order valence-corrected chi connectivity index (χ0v) is 70.5. The van der Waals surface area contributed by atoms with Crippen LogP contribution in [0, 0.1) is 47.3 Å². The summed E-state index contributed by atoms with van der Waals surface area (Å²) >= 11 is 1.79. The fourth-order valence-corrected chi connectivity index (χ4v) is 8.25. The van der Waals surface area contributed by atoms with Crippen LogP contribution in [0.15, 0.2) is 297 Å². The predicted octanol–water partition coefficient (Wildman–Crippen LogP) is 29.5. The number of para-hydroxylation sites is 7. The molecule has 0 aliphatic heterocycles. The highest BCUT2D eigenvalue weighted by molar-refractivity contribution is 7.17. The largest absolute Gasteiger partial charge is 0.464 e. The molecule has 0 aliphatic carbocycles. The molecule has 0 unspecified atom stereocenters. The fourth-order valence-electron chi connectivity index (χ4n) is 7.45. The van der Waals surface area contributed by atoms with Crippen molar-refractivity contribution in [3.63, 3.8) is 0 Å². The Bertz CT molecular complexity index is 3690. The van der Waals surface area contributed by atoms with Gasteiger partial charge in [-0.3, -0.25) is 15.0 Å². The number of hydrogen-bond acceptors (Lipinski definition) is 10. The van der Waals surface area contributed by atoms with Crippen molar-refractivity contribution >= 4 is 98.1 Å². The monoisotopic (exact) mass is 1470 g/mol. The maximum atomic E-state index is 5.12. The molecule has 9 aromatic heterocycles. The summed E-state index contributed by atoms with van der Waals surface area (Å²) in [6.07, 6.45) is 19.3. The number of hydrogen-bond donors (Lipinski definition) is 2. The fraction of sp³-hybridized carbons (Fsp3) is 0.333. The minimum atomic E-state index is 0.810. The first-order chi connectivity index (χ1) is 51.6. The number of benzene rings is 7. The zero-order chi connectivity index (χ0) is 80.3. The molecule has 9 heterocycles. The Morgan fingerprint density at radius 2 is 0.694 bits per heavy atom. The minimum Gasteiger partial charge on any atom is -0.464 e. The van der Waals surface area contributed by atoms with Crippen LogP contribution in [0.2, 0.25) is 0 Å². The number of nitrogens with one attached hydrogen (secondary N) is 2. The summed E-state index contributed by atoms with van der Waals surface area (Å²) in [6, 6.07) is 72.4. The molecule has 16 rings (SSSR count). The quantitative estimate of drug-likeness (QED) is 0.151. The van der Waals surface area contributed by atoms with Gasteiger partial charge in [-0.25, -0.2) is 24.9 Å². The molecule has 12 heteroatoms. The Balaban J connectivity index is 0.000000585. The molecule has 0 fully saturated rings. The van der Waals surface area contributed by atoms with Gasteiger partial charge in [0.15, 0.2) is 5.65 Å². The topological polar surface area (TPSA) is 148 Å². The highest BCUT2D eigenvalue weighted by Gasteiger charge is 1.94. The summed E-state index contributed by atoms with van der Waals surface area (Å²) in [5.74, 6) is 6.67. The van der Waals surface area contributed by atoms with Gasteiger partial charge in [-0.05, 0) is 171 Å². The number of aromatic amines is 2. The van der Waals surface area contributed by atoms with Gasteiger partial charge in [0.1, 0.15) is 11.9 Å². The maximum Gasteiger partial charge on any atom is 0.159 e. The van der Waals surface area contributed by atoms with Crippen molar-refractivity contribution in [1.82, 2.24) is 49.8 Å². The van der Waals surface area contributed by atoms with Crippen molar-refractivity contribution in [2.24, 2.45) is 47.3 Å². The Morgan fingerprint density at radius 1 is 0.278 bits per heavy atom. The van der Waals surface area contributed by atoms with Crippen LogP contribution in [0.1, 0.15) is 166 Å². The van der Waals surface area contributed by atoms with E-state index in [2.05, 4.69) is 282 Å². The first kappa shape index (κ1) is 95.7. The van der Waals surface area contributed by atoms with Gasteiger partial charge in [0, 0.05) is 76.0 Å². The van der Waals surface area contributed by atoms with Gasteiger partial charge in [-0.1, -0.05) is 287 Å². The molecular weight excluding hydrogens is 1340 g/mol. The normalized spacial score (nSPS) is 9.78. The van der Waals surface area contributed by atoms with E-state index >= 15 is 0 Å². The summed E-state index contributed by atoms with van der Waals surface area (Å²) in [4.78, 5) is 38.6. The van der Waals surface area contributed by atoms with E-state index in [4.69, 9.17) is 4.42 Å². The van der Waals surface area contributed by atoms with E-state index in [9.17, 15) is 0 Å². The van der Waals surface area contributed by atoms with Crippen LogP contribution in [0.25, 0.3) is 86.7 Å². The van der Waals surface area contributed by atoms with Crippen molar-refractivity contribution in [3.8, 4) is 0 Å². The van der Waals surface area contributed by atoms with Crippen LogP contribution in [0.4, 0.5) is 0 Å². The van der Waals surface area contributed by atoms with Gasteiger partial charge < -0.3 is 14.4 Å². The zero-order valence-electron chi connectivity index (χ0n) is 69.7. The van der Waals surface area contributed by atoms with E-state index in [-0.39, 0.29) is 0 Å². The molecule has 0 saturated heterocycles. The Morgan fingerprint density at radius 3 is 1.18 bits per heavy atom. The van der Waals surface area contributed by atoms with Gasteiger partial charge in [0.25, 0.3) is 0 Å². The second kappa shape index (κ2) is 59.8. The molecule has 0 bridgehead atoms. The molecule has 0 saturated carbocycles. The number of fused-ring (bicyclic) bond motifs is 8. The van der Waals surface area contributed by atoms with Gasteiger partial charge in [-0.2, -0.15) is 0 Å². The summed E-state index contributed by atoms with van der Waals surface area (Å²) in [5, 5.41) is 10.5. The van der Waals surface area contributed by atoms with Crippen LogP contribution >= 0.6 is 11.3 Å². The third-order valence-electron chi connectivity index (χ3n) is 11.2. The third-order valence-corrected chi connectivity index (χ3v) is 12.1. The summed E-state index contributed by atoms with van der Waals surface area (Å²) in [7, 11) is 0. The van der Waals surface area contributed by atoms with Crippen LogP contribution in [0.3, 0.4) is 0 Å². The van der Waals surface area contributed by atoms with Crippen LogP contribution in [-0.2, 0) is 0 Å². The molecule has 2 N–H and O–H groups in total. The number of rotatable bonds is 0. The summed E-state index contributed by atoms with van der Waals surface area (Å²) < 4.78 is 6.49. The highest BCUT2D eigenvalue weighted by Crippen LogP contribution is 2.19. The smallest absolute Gasteiger partial charge is 0.159 e. The summed E-state index contributed by atoms with van der Waals surface area (Å²) in [6.45, 7) is 52.0. The van der Waals surface area contributed by atoms with Crippen molar-refractivity contribution in [1.29, 1.82) is 0 Å². The Labute approximate surface area is 654 Å². The second-order valence-corrected chi connectivity index (χ2v) is 31.1. The molecule has 0 spiro atoms. The van der Waals surface area contributed by atoms with Crippen LogP contribution < -0.4 is 0 Å². The number of aromatic nitrogens is 10. The highest BCUT2D eigenvalue weighted by atomic mass is 32.1. The van der Waals surface area contributed by atoms with E-state index in [1.54, 1.807) is 55.0 Å². The van der Waals surface area contributed by atoms with Crippen molar-refractivity contribution in [2.75, 3.05) is 0 Å². The molecule has 0 atom stereocenters. The SMILES string of the molecule is CC(C)C.CC(C)C.CC(C)C.CC(C)C.CC(C)C.CC(C)C.CC(C)C.CC(C)C.c1ccc2[nH]ccc2c1.c1ccc2[nH]cnc2c1.c1ccc2cnccc2c1.c1ccc2nccnc2c1.c1ccc2ncncc2c1.c1ccc2occc2c1.c1ccc2sccc2c1.c1cnc2ncccc2c1. The third kappa shape index (κ3) is 51.0. The Kier molecular flexibility index (Phi) is 53.0. The first-order valence-corrected chi connectivity index (χ1v) is 39.0. The van der Waals surface area contributed by atoms with Crippen molar-refractivity contribution < 1.29 is 4.42 Å². The standard InChI is InChI=1S/C9H7N.3C8H6N2.C8H7N.C8H6O.C8H6S.C7H6N2.8C4H10/c1-2-4-9-7-10-6-5-8(9)3-1;1-3-7-4-2-6-10-8(7)9-5-1;1-2-4-8-7(3-1)5-9-6-10-8;1-2-4-8-7(3-1)9-5-6-10-8;3*1-2-4-8-7(3-1)5-6-9-8;1-2-4-7-6(3-1)8-5-9-7;8*1-4(2)3/h1-7H;3*1-6H;1-6,9H;2*1-6H;1-5H,(H,8,9);8*4H,1-3H3. The van der Waals surface area contributed by atoms with E-state index in [0.29, 0.717) is 0 Å². The van der Waals surface area contributed by atoms with E-state index in [0.717, 1.165) is 102 Å². The number of nitrogens with zero attached hydrogens (tertiary/aromatic N) is 8. The molecule has 576 valence electrons. The average Bonchev–Trinajstić information content (AvgIpc) is 1.81. The molecule has 7 aromatic carbocycles. The number of imidazole rings is 1. The first-order valence-electron chi connectivity index (χ1n) is 38.1. The van der Waals surface area contributed by atoms with Gasteiger partial charge in [-0.15, -0.1) is 11.3 Å². The lowest BCUT2D eigenvalue weighted by Crippen LogP contribution is -1.78. The molecule has 11 nitrogen and oxygen atoms in total. The van der Waals surface area contributed by atoms with E-state index < -0.39 is 0 Å². The average molecular weight is 1470 g/mol. The molecule has 0 amide bonds. The molecule has 16 aromatic rings. The van der Waals surface area contributed by atoms with E-state index in [1.807, 2.05) is 183 Å². The summed E-state index contributed by atoms with van der Waals surface area (Å²) in [5.41, 5.74) is 7.99. The van der Waals surface area contributed by atoms with Gasteiger partial charge in [0.2, 0.25) is 0 Å². The molecule has 108 heavy (non-hydrogen) atoms. The molecular formula is C96H130N10OS. The lowest BCUT2D eigenvalue weighted by molar-refractivity contribution is 0.616. The van der Waals surface area contributed by atoms with Crippen molar-refractivity contribution in [2.45, 2.75) is 166 Å².